The van der Waals surface area contributed by atoms with Gasteiger partial charge >= 0.3 is 6.03 Å². The van der Waals surface area contributed by atoms with Crippen molar-refractivity contribution in [3.63, 3.8) is 0 Å². The predicted octanol–water partition coefficient (Wildman–Crippen LogP) is 3.28. The average molecular weight is 296 g/mol. The molecule has 2 amide bonds. The first-order chi connectivity index (χ1) is 10.7. The molecule has 2 aromatic rings. The molecule has 1 aliphatic rings. The van der Waals surface area contributed by atoms with Gasteiger partial charge in [0, 0.05) is 18.8 Å². The zero-order valence-electron chi connectivity index (χ0n) is 12.9. The highest BCUT2D eigenvalue weighted by Gasteiger charge is 2.23. The maximum atomic E-state index is 12.4. The van der Waals surface area contributed by atoms with E-state index in [0.717, 1.165) is 35.5 Å². The number of fused-ring (bicyclic) bond motifs is 1. The molecule has 4 heteroatoms. The molecule has 0 atom stereocenters. The number of nitrogens with one attached hydrogen (secondary N) is 1. The van der Waals surface area contributed by atoms with Crippen LogP contribution in [0.15, 0.2) is 42.5 Å². The molecule has 0 fully saturated rings. The SMILES string of the molecule is COc1ccc(CNC(=O)N2CCc3ccccc32)cc1C. The third-order valence-electron chi connectivity index (χ3n) is 4.04. The van der Waals surface area contributed by atoms with Crippen LogP contribution in [0.3, 0.4) is 0 Å². The summed E-state index contributed by atoms with van der Waals surface area (Å²) in [6, 6.07) is 14.0. The van der Waals surface area contributed by atoms with Gasteiger partial charge in [-0.05, 0) is 42.2 Å². The van der Waals surface area contributed by atoms with Crippen LogP contribution in [0.5, 0.6) is 5.75 Å². The second-order valence-corrected chi connectivity index (χ2v) is 5.49. The van der Waals surface area contributed by atoms with Gasteiger partial charge < -0.3 is 10.1 Å². The molecule has 1 aliphatic heterocycles. The van der Waals surface area contributed by atoms with Crippen molar-refractivity contribution in [1.29, 1.82) is 0 Å². The summed E-state index contributed by atoms with van der Waals surface area (Å²) in [5.74, 6) is 0.864. The van der Waals surface area contributed by atoms with Crippen molar-refractivity contribution in [3.05, 3.63) is 59.2 Å². The molecule has 0 spiro atoms. The van der Waals surface area contributed by atoms with Gasteiger partial charge in [0.25, 0.3) is 0 Å². The number of para-hydroxylation sites is 1. The van der Waals surface area contributed by atoms with E-state index in [0.29, 0.717) is 6.54 Å². The van der Waals surface area contributed by atoms with Gasteiger partial charge in [-0.2, -0.15) is 0 Å². The van der Waals surface area contributed by atoms with Crippen LogP contribution in [-0.4, -0.2) is 19.7 Å². The normalized spacial score (nSPS) is 12.9. The van der Waals surface area contributed by atoms with E-state index in [-0.39, 0.29) is 6.03 Å². The number of carbonyl (C=O) groups is 1. The van der Waals surface area contributed by atoms with Gasteiger partial charge in [-0.15, -0.1) is 0 Å². The van der Waals surface area contributed by atoms with Crippen LogP contribution < -0.4 is 15.0 Å². The van der Waals surface area contributed by atoms with E-state index < -0.39 is 0 Å². The Morgan fingerprint density at radius 3 is 2.86 bits per heavy atom. The van der Waals surface area contributed by atoms with Crippen LogP contribution in [0.1, 0.15) is 16.7 Å². The number of nitrogens with zero attached hydrogens (tertiary/aromatic N) is 1. The summed E-state index contributed by atoms with van der Waals surface area (Å²) < 4.78 is 5.25. The van der Waals surface area contributed by atoms with E-state index in [9.17, 15) is 4.79 Å². The van der Waals surface area contributed by atoms with Crippen molar-refractivity contribution in [2.45, 2.75) is 19.9 Å². The number of aryl methyl sites for hydroxylation is 1. The van der Waals surface area contributed by atoms with Crippen LogP contribution in [0.2, 0.25) is 0 Å². The van der Waals surface area contributed by atoms with Crippen molar-refractivity contribution < 1.29 is 9.53 Å². The van der Waals surface area contributed by atoms with Crippen LogP contribution in [-0.2, 0) is 13.0 Å². The standard InChI is InChI=1S/C18H20N2O2/c1-13-11-14(7-8-17(13)22-2)12-19-18(21)20-10-9-15-5-3-4-6-16(15)20/h3-8,11H,9-10,12H2,1-2H3,(H,19,21). The van der Waals surface area contributed by atoms with Crippen LogP contribution in [0, 0.1) is 6.92 Å². The molecule has 0 aromatic heterocycles. The second kappa shape index (κ2) is 6.10. The maximum absolute atomic E-state index is 12.4. The van der Waals surface area contributed by atoms with Crippen LogP contribution in [0.4, 0.5) is 10.5 Å². The Hall–Kier alpha value is -2.49. The monoisotopic (exact) mass is 296 g/mol. The first kappa shape index (κ1) is 14.4. The number of urea groups is 1. The molecule has 2 aromatic carbocycles. The Balaban J connectivity index is 1.65. The highest BCUT2D eigenvalue weighted by molar-refractivity contribution is 5.94. The quantitative estimate of drug-likeness (QED) is 0.944. The summed E-state index contributed by atoms with van der Waals surface area (Å²) >= 11 is 0. The molecule has 1 N–H and O–H groups in total. The van der Waals surface area contributed by atoms with E-state index in [4.69, 9.17) is 4.74 Å². The average Bonchev–Trinajstić information content (AvgIpc) is 2.97. The lowest BCUT2D eigenvalue weighted by Crippen LogP contribution is -2.38. The second-order valence-electron chi connectivity index (χ2n) is 5.49. The number of anilines is 1. The lowest BCUT2D eigenvalue weighted by Gasteiger charge is -2.18. The summed E-state index contributed by atoms with van der Waals surface area (Å²) in [4.78, 5) is 14.2. The number of hydrogen-bond acceptors (Lipinski definition) is 2. The minimum Gasteiger partial charge on any atom is -0.496 e. The molecular formula is C18H20N2O2. The molecule has 0 radical (unpaired) electrons. The molecule has 1 heterocycles. The number of rotatable bonds is 3. The minimum absolute atomic E-state index is 0.0431. The van der Waals surface area contributed by atoms with E-state index in [1.807, 2.05) is 48.2 Å². The topological polar surface area (TPSA) is 41.6 Å². The fourth-order valence-corrected chi connectivity index (χ4v) is 2.87. The fraction of sp³-hybridized carbons (Fsp3) is 0.278. The van der Waals surface area contributed by atoms with Crippen molar-refractivity contribution >= 4 is 11.7 Å². The number of ether oxygens (including phenoxy) is 1. The van der Waals surface area contributed by atoms with Gasteiger partial charge in [-0.1, -0.05) is 30.3 Å². The molecule has 22 heavy (non-hydrogen) atoms. The van der Waals surface area contributed by atoms with Crippen molar-refractivity contribution in [1.82, 2.24) is 5.32 Å². The molecule has 114 valence electrons. The highest BCUT2D eigenvalue weighted by atomic mass is 16.5. The molecule has 3 rings (SSSR count). The van der Waals surface area contributed by atoms with Gasteiger partial charge in [0.1, 0.15) is 5.75 Å². The molecular weight excluding hydrogens is 276 g/mol. The van der Waals surface area contributed by atoms with Crippen LogP contribution in [0.25, 0.3) is 0 Å². The van der Waals surface area contributed by atoms with Gasteiger partial charge in [0.15, 0.2) is 0 Å². The summed E-state index contributed by atoms with van der Waals surface area (Å²) in [7, 11) is 1.66. The predicted molar refractivity (Wildman–Crippen MR) is 87.5 cm³/mol. The summed E-state index contributed by atoms with van der Waals surface area (Å²) in [5, 5.41) is 2.99. The smallest absolute Gasteiger partial charge is 0.322 e. The Morgan fingerprint density at radius 1 is 1.27 bits per heavy atom. The van der Waals surface area contributed by atoms with Crippen molar-refractivity contribution in [2.75, 3.05) is 18.6 Å². The van der Waals surface area contributed by atoms with Crippen molar-refractivity contribution in [3.8, 4) is 5.75 Å². The third kappa shape index (κ3) is 2.77. The fourth-order valence-electron chi connectivity index (χ4n) is 2.87. The largest absolute Gasteiger partial charge is 0.496 e. The third-order valence-corrected chi connectivity index (χ3v) is 4.04. The minimum atomic E-state index is -0.0431. The molecule has 0 unspecified atom stereocenters. The van der Waals surface area contributed by atoms with Gasteiger partial charge in [0.05, 0.1) is 7.11 Å². The Kier molecular flexibility index (Phi) is 4.00. The molecule has 0 aliphatic carbocycles. The first-order valence-corrected chi connectivity index (χ1v) is 7.46. The Labute approximate surface area is 130 Å². The number of methoxy groups -OCH3 is 1. The van der Waals surface area contributed by atoms with Crippen molar-refractivity contribution in [2.24, 2.45) is 0 Å². The summed E-state index contributed by atoms with van der Waals surface area (Å²) in [6.07, 6.45) is 0.922. The van der Waals surface area contributed by atoms with E-state index >= 15 is 0 Å². The van der Waals surface area contributed by atoms with Crippen LogP contribution >= 0.6 is 0 Å². The number of benzene rings is 2. The Morgan fingerprint density at radius 2 is 2.09 bits per heavy atom. The number of amides is 2. The molecule has 0 saturated carbocycles. The Bertz CT molecular complexity index is 697. The van der Waals surface area contributed by atoms with E-state index in [1.54, 1.807) is 7.11 Å². The van der Waals surface area contributed by atoms with E-state index in [1.165, 1.54) is 5.56 Å². The molecule has 4 nitrogen and oxygen atoms in total. The lowest BCUT2D eigenvalue weighted by molar-refractivity contribution is 0.246. The molecule has 0 saturated heterocycles. The van der Waals surface area contributed by atoms with Gasteiger partial charge in [-0.25, -0.2) is 4.79 Å². The highest BCUT2D eigenvalue weighted by Crippen LogP contribution is 2.27. The zero-order chi connectivity index (χ0) is 15.5. The van der Waals surface area contributed by atoms with Gasteiger partial charge in [0.2, 0.25) is 0 Å². The lowest BCUT2D eigenvalue weighted by atomic mass is 10.1. The first-order valence-electron chi connectivity index (χ1n) is 7.46. The van der Waals surface area contributed by atoms with E-state index in [2.05, 4.69) is 11.4 Å². The maximum Gasteiger partial charge on any atom is 0.322 e. The zero-order valence-corrected chi connectivity index (χ0v) is 12.9. The summed E-state index contributed by atoms with van der Waals surface area (Å²) in [5.41, 5.74) is 4.39. The molecule has 0 bridgehead atoms. The van der Waals surface area contributed by atoms with Gasteiger partial charge in [-0.3, -0.25) is 4.90 Å². The number of carbonyl (C=O) groups excluding carboxylic acids is 1. The summed E-state index contributed by atoms with van der Waals surface area (Å²) in [6.45, 7) is 3.26. The number of hydrogen-bond donors (Lipinski definition) is 1.